The summed E-state index contributed by atoms with van der Waals surface area (Å²) < 4.78 is 4.78. The maximum Gasteiger partial charge on any atom is 0.0620 e. The number of nitrogens with zero attached hydrogens (tertiary/aromatic N) is 3. The molecule has 0 saturated heterocycles. The van der Waals surface area contributed by atoms with Crippen LogP contribution in [0.15, 0.2) is 152 Å². The molecule has 3 heteroatoms. The number of pyridine rings is 1. The van der Waals surface area contributed by atoms with Gasteiger partial charge < -0.3 is 9.13 Å². The quantitative estimate of drug-likeness (QED) is 0.221. The molecule has 42 heavy (non-hydrogen) atoms. The van der Waals surface area contributed by atoms with Gasteiger partial charge in [0.05, 0.1) is 22.1 Å². The fraction of sp³-hybridized carbons (Fsp3) is 0. The zero-order valence-electron chi connectivity index (χ0n) is 22.8. The first-order chi connectivity index (χ1) is 20.8. The van der Waals surface area contributed by atoms with Crippen molar-refractivity contribution < 1.29 is 0 Å². The number of benzene rings is 6. The zero-order chi connectivity index (χ0) is 27.6. The van der Waals surface area contributed by atoms with Crippen LogP contribution in [0.1, 0.15) is 0 Å². The summed E-state index contributed by atoms with van der Waals surface area (Å²) in [5, 5.41) is 7.36. The summed E-state index contributed by atoms with van der Waals surface area (Å²) >= 11 is 0. The van der Waals surface area contributed by atoms with Gasteiger partial charge in [0.25, 0.3) is 0 Å². The highest BCUT2D eigenvalue weighted by Crippen LogP contribution is 2.40. The van der Waals surface area contributed by atoms with E-state index in [0.717, 1.165) is 16.6 Å². The van der Waals surface area contributed by atoms with E-state index in [4.69, 9.17) is 0 Å². The molecule has 0 aliphatic carbocycles. The van der Waals surface area contributed by atoms with Gasteiger partial charge in [-0.1, -0.05) is 91.0 Å². The van der Waals surface area contributed by atoms with Crippen molar-refractivity contribution in [3.63, 3.8) is 0 Å². The minimum absolute atomic E-state index is 1.14. The Morgan fingerprint density at radius 1 is 0.429 bits per heavy atom. The van der Waals surface area contributed by atoms with Crippen LogP contribution in [0.5, 0.6) is 0 Å². The Labute approximate surface area is 242 Å². The lowest BCUT2D eigenvalue weighted by Crippen LogP contribution is -1.95. The van der Waals surface area contributed by atoms with Gasteiger partial charge in [0, 0.05) is 50.9 Å². The summed E-state index contributed by atoms with van der Waals surface area (Å²) in [6.07, 6.45) is 3.87. The molecule has 6 aromatic carbocycles. The van der Waals surface area contributed by atoms with Gasteiger partial charge in [0.15, 0.2) is 0 Å². The van der Waals surface area contributed by atoms with Crippen molar-refractivity contribution in [3.8, 4) is 22.5 Å². The zero-order valence-corrected chi connectivity index (χ0v) is 22.8. The van der Waals surface area contributed by atoms with Crippen molar-refractivity contribution in [2.45, 2.75) is 0 Å². The molecule has 0 bridgehead atoms. The van der Waals surface area contributed by atoms with Gasteiger partial charge in [0.1, 0.15) is 0 Å². The molecular formula is C39H25N3. The standard InChI is InChI=1S/C39H25N3/c1-2-11-29(12-3-1)42-38-21-22-40-25-35(38)33-15-8-14-31(39(33)42)28-18-20-37-34(24-28)32-13-6-7-16-36(32)41(37)30-19-17-26-9-4-5-10-27(26)23-30/h1-25H. The molecule has 0 unspecified atom stereocenters. The largest absolute Gasteiger partial charge is 0.309 e. The fourth-order valence-electron chi connectivity index (χ4n) is 6.72. The Bertz CT molecular complexity index is 2460. The average molecular weight is 536 g/mol. The van der Waals surface area contributed by atoms with Gasteiger partial charge in [-0.3, -0.25) is 4.98 Å². The second-order valence-electron chi connectivity index (χ2n) is 10.9. The van der Waals surface area contributed by atoms with Gasteiger partial charge in [-0.15, -0.1) is 0 Å². The highest BCUT2D eigenvalue weighted by Gasteiger charge is 2.18. The van der Waals surface area contributed by atoms with Crippen LogP contribution in [0.4, 0.5) is 0 Å². The molecule has 0 aliphatic rings. The van der Waals surface area contributed by atoms with Crippen LogP contribution < -0.4 is 0 Å². The molecule has 9 rings (SSSR count). The minimum atomic E-state index is 1.14. The lowest BCUT2D eigenvalue weighted by atomic mass is 10.00. The van der Waals surface area contributed by atoms with Crippen LogP contribution in [0.25, 0.3) is 76.9 Å². The second-order valence-corrected chi connectivity index (χ2v) is 10.9. The van der Waals surface area contributed by atoms with Gasteiger partial charge in [-0.25, -0.2) is 0 Å². The smallest absolute Gasteiger partial charge is 0.0620 e. The molecule has 3 heterocycles. The maximum absolute atomic E-state index is 4.48. The molecule has 9 aromatic rings. The highest BCUT2D eigenvalue weighted by atomic mass is 15.0. The molecule has 0 aliphatic heterocycles. The summed E-state index contributed by atoms with van der Waals surface area (Å²) in [5.74, 6) is 0. The molecule has 0 fully saturated rings. The first-order valence-corrected chi connectivity index (χ1v) is 14.3. The number of para-hydroxylation sites is 3. The molecule has 0 radical (unpaired) electrons. The molecule has 3 aromatic heterocycles. The van der Waals surface area contributed by atoms with Crippen molar-refractivity contribution in [1.29, 1.82) is 0 Å². The Morgan fingerprint density at radius 3 is 2.12 bits per heavy atom. The molecule has 196 valence electrons. The van der Waals surface area contributed by atoms with Crippen LogP contribution in [-0.4, -0.2) is 14.1 Å². The van der Waals surface area contributed by atoms with Gasteiger partial charge >= 0.3 is 0 Å². The second kappa shape index (κ2) is 8.92. The van der Waals surface area contributed by atoms with Crippen molar-refractivity contribution in [1.82, 2.24) is 14.1 Å². The molecule has 0 atom stereocenters. The van der Waals surface area contributed by atoms with Gasteiger partial charge in [0.2, 0.25) is 0 Å². The minimum Gasteiger partial charge on any atom is -0.309 e. The van der Waals surface area contributed by atoms with Crippen LogP contribution in [-0.2, 0) is 0 Å². The van der Waals surface area contributed by atoms with E-state index in [1.807, 2.05) is 12.4 Å². The number of aromatic nitrogens is 3. The Kier molecular flexibility index (Phi) is 4.90. The number of hydrogen-bond donors (Lipinski definition) is 0. The summed E-state index contributed by atoms with van der Waals surface area (Å²) in [7, 11) is 0. The van der Waals surface area contributed by atoms with E-state index in [1.54, 1.807) is 0 Å². The van der Waals surface area contributed by atoms with E-state index in [-0.39, 0.29) is 0 Å². The maximum atomic E-state index is 4.48. The Balaban J connectivity index is 1.34. The number of rotatable bonds is 3. The van der Waals surface area contributed by atoms with Crippen molar-refractivity contribution >= 4 is 54.4 Å². The lowest BCUT2D eigenvalue weighted by molar-refractivity contribution is 1.17. The summed E-state index contributed by atoms with van der Waals surface area (Å²) in [4.78, 5) is 4.48. The summed E-state index contributed by atoms with van der Waals surface area (Å²) in [6.45, 7) is 0. The van der Waals surface area contributed by atoms with E-state index >= 15 is 0 Å². The van der Waals surface area contributed by atoms with Crippen molar-refractivity contribution in [2.75, 3.05) is 0 Å². The lowest BCUT2D eigenvalue weighted by Gasteiger charge is -2.12. The Hall–Kier alpha value is -5.67. The average Bonchev–Trinajstić information content (AvgIpc) is 3.58. The first kappa shape index (κ1) is 23.1. The third-order valence-electron chi connectivity index (χ3n) is 8.58. The SMILES string of the molecule is c1ccc(-n2c3ccncc3c3cccc(-c4ccc5c(c4)c4ccccc4n5-c4ccc5ccccc5c4)c32)cc1. The summed E-state index contributed by atoms with van der Waals surface area (Å²) in [5.41, 5.74) is 9.49. The fourth-order valence-corrected chi connectivity index (χ4v) is 6.72. The van der Waals surface area contributed by atoms with Crippen LogP contribution in [0.2, 0.25) is 0 Å². The van der Waals surface area contributed by atoms with Crippen LogP contribution in [0, 0.1) is 0 Å². The van der Waals surface area contributed by atoms with Gasteiger partial charge in [-0.05, 0) is 64.9 Å². The third kappa shape index (κ3) is 3.31. The van der Waals surface area contributed by atoms with E-state index in [9.17, 15) is 0 Å². The predicted octanol–water partition coefficient (Wildman–Crippen LogP) is 10.1. The van der Waals surface area contributed by atoms with E-state index < -0.39 is 0 Å². The molecular weight excluding hydrogens is 510 g/mol. The van der Waals surface area contributed by atoms with Crippen molar-refractivity contribution in [2.24, 2.45) is 0 Å². The number of fused-ring (bicyclic) bond motifs is 7. The van der Waals surface area contributed by atoms with E-state index in [0.29, 0.717) is 0 Å². The monoisotopic (exact) mass is 535 g/mol. The normalized spacial score (nSPS) is 11.8. The topological polar surface area (TPSA) is 22.8 Å². The number of hydrogen-bond acceptors (Lipinski definition) is 1. The van der Waals surface area contributed by atoms with Crippen LogP contribution in [0.3, 0.4) is 0 Å². The Morgan fingerprint density at radius 2 is 1.19 bits per heavy atom. The van der Waals surface area contributed by atoms with Crippen molar-refractivity contribution in [3.05, 3.63) is 152 Å². The van der Waals surface area contributed by atoms with E-state index in [2.05, 4.69) is 154 Å². The highest BCUT2D eigenvalue weighted by molar-refractivity contribution is 6.15. The molecule has 0 amide bonds. The third-order valence-corrected chi connectivity index (χ3v) is 8.58. The van der Waals surface area contributed by atoms with E-state index in [1.165, 1.54) is 60.3 Å². The molecule has 0 spiro atoms. The van der Waals surface area contributed by atoms with Gasteiger partial charge in [-0.2, -0.15) is 0 Å². The molecule has 0 saturated carbocycles. The molecule has 0 N–H and O–H groups in total. The molecule has 3 nitrogen and oxygen atoms in total. The first-order valence-electron chi connectivity index (χ1n) is 14.3. The van der Waals surface area contributed by atoms with Crippen LogP contribution >= 0.6 is 0 Å². The summed E-state index contributed by atoms with van der Waals surface area (Å²) in [6, 6.07) is 50.4. The predicted molar refractivity (Wildman–Crippen MR) is 176 cm³/mol.